The SMILES string of the molecule is COc1cc([C@@H]2[C@H](C)N[C@]3(C(=O)Nc4ccccc43)[C@@H]2[N+](=O)[O-])cc(OC)c1OC. The van der Waals surface area contributed by atoms with Crippen molar-refractivity contribution in [1.29, 1.82) is 0 Å². The topological polar surface area (TPSA) is 112 Å². The van der Waals surface area contributed by atoms with Crippen LogP contribution >= 0.6 is 0 Å². The van der Waals surface area contributed by atoms with Crippen LogP contribution in [0.3, 0.4) is 0 Å². The van der Waals surface area contributed by atoms with Gasteiger partial charge in [0.15, 0.2) is 17.0 Å². The zero-order valence-corrected chi connectivity index (χ0v) is 17.1. The average molecular weight is 413 g/mol. The lowest BCUT2D eigenvalue weighted by Gasteiger charge is -2.25. The summed E-state index contributed by atoms with van der Waals surface area (Å²) in [4.78, 5) is 25.1. The summed E-state index contributed by atoms with van der Waals surface area (Å²) in [5.41, 5.74) is 0.322. The summed E-state index contributed by atoms with van der Waals surface area (Å²) in [5, 5.41) is 18.4. The fourth-order valence-corrected chi connectivity index (χ4v) is 4.85. The van der Waals surface area contributed by atoms with Crippen molar-refractivity contribution in [2.45, 2.75) is 30.5 Å². The molecule has 0 aliphatic carbocycles. The molecule has 1 saturated heterocycles. The zero-order chi connectivity index (χ0) is 21.6. The van der Waals surface area contributed by atoms with E-state index in [-0.39, 0.29) is 11.0 Å². The lowest BCUT2D eigenvalue weighted by atomic mass is 9.78. The fourth-order valence-electron chi connectivity index (χ4n) is 4.85. The highest BCUT2D eigenvalue weighted by Crippen LogP contribution is 2.51. The Kier molecular flexibility index (Phi) is 4.77. The van der Waals surface area contributed by atoms with E-state index in [0.29, 0.717) is 34.1 Å². The third kappa shape index (κ3) is 2.62. The summed E-state index contributed by atoms with van der Waals surface area (Å²) in [7, 11) is 4.48. The van der Waals surface area contributed by atoms with Crippen LogP contribution < -0.4 is 24.8 Å². The van der Waals surface area contributed by atoms with Gasteiger partial charge in [0, 0.05) is 22.2 Å². The highest BCUT2D eigenvalue weighted by Gasteiger charge is 2.67. The molecule has 1 amide bonds. The molecule has 0 aromatic heterocycles. The van der Waals surface area contributed by atoms with Crippen molar-refractivity contribution in [2.75, 3.05) is 26.6 Å². The van der Waals surface area contributed by atoms with Gasteiger partial charge >= 0.3 is 0 Å². The van der Waals surface area contributed by atoms with Gasteiger partial charge < -0.3 is 19.5 Å². The summed E-state index contributed by atoms with van der Waals surface area (Å²) in [6.07, 6.45) is 0. The number of nitrogens with zero attached hydrogens (tertiary/aromatic N) is 1. The van der Waals surface area contributed by atoms with Crippen molar-refractivity contribution in [3.8, 4) is 17.2 Å². The summed E-state index contributed by atoms with van der Waals surface area (Å²) >= 11 is 0. The number of nitrogens with one attached hydrogen (secondary N) is 2. The van der Waals surface area contributed by atoms with Gasteiger partial charge in [-0.3, -0.25) is 20.2 Å². The Labute approximate surface area is 173 Å². The van der Waals surface area contributed by atoms with Crippen LogP contribution in [0, 0.1) is 10.1 Å². The van der Waals surface area contributed by atoms with Crippen molar-refractivity contribution in [1.82, 2.24) is 5.32 Å². The number of nitro groups is 1. The van der Waals surface area contributed by atoms with Gasteiger partial charge in [0.25, 0.3) is 11.9 Å². The summed E-state index contributed by atoms with van der Waals surface area (Å²) in [5.74, 6) is 0.160. The Morgan fingerprint density at radius 2 is 1.70 bits per heavy atom. The number of methoxy groups -OCH3 is 3. The molecule has 2 aromatic carbocycles. The van der Waals surface area contributed by atoms with Gasteiger partial charge in [-0.15, -0.1) is 0 Å². The van der Waals surface area contributed by atoms with E-state index in [1.165, 1.54) is 21.3 Å². The molecule has 9 nitrogen and oxygen atoms in total. The smallest absolute Gasteiger partial charge is 0.256 e. The largest absolute Gasteiger partial charge is 0.493 e. The van der Waals surface area contributed by atoms with Crippen LogP contribution in [-0.2, 0) is 10.3 Å². The van der Waals surface area contributed by atoms with Crippen LogP contribution in [0.25, 0.3) is 0 Å². The molecule has 1 fully saturated rings. The molecule has 30 heavy (non-hydrogen) atoms. The number of hydrogen-bond donors (Lipinski definition) is 2. The van der Waals surface area contributed by atoms with Gasteiger partial charge in [-0.2, -0.15) is 0 Å². The molecule has 4 rings (SSSR count). The molecule has 2 heterocycles. The molecule has 0 unspecified atom stereocenters. The Morgan fingerprint density at radius 3 is 2.27 bits per heavy atom. The molecule has 2 N–H and O–H groups in total. The predicted molar refractivity (Wildman–Crippen MR) is 109 cm³/mol. The second-order valence-corrected chi connectivity index (χ2v) is 7.46. The van der Waals surface area contributed by atoms with Crippen molar-refractivity contribution in [2.24, 2.45) is 0 Å². The first-order valence-electron chi connectivity index (χ1n) is 9.51. The van der Waals surface area contributed by atoms with Crippen molar-refractivity contribution >= 4 is 11.6 Å². The van der Waals surface area contributed by atoms with Crippen molar-refractivity contribution < 1.29 is 23.9 Å². The van der Waals surface area contributed by atoms with E-state index in [4.69, 9.17) is 14.2 Å². The molecule has 2 aliphatic heterocycles. The first kappa shape index (κ1) is 20.0. The van der Waals surface area contributed by atoms with Crippen LogP contribution in [0.15, 0.2) is 36.4 Å². The maximum atomic E-state index is 13.1. The monoisotopic (exact) mass is 413 g/mol. The van der Waals surface area contributed by atoms with E-state index in [1.54, 1.807) is 36.4 Å². The van der Waals surface area contributed by atoms with Crippen LogP contribution in [0.1, 0.15) is 24.0 Å². The minimum atomic E-state index is -1.47. The molecule has 0 bridgehead atoms. The molecule has 158 valence electrons. The highest BCUT2D eigenvalue weighted by molar-refractivity contribution is 6.07. The number of amides is 1. The molecular formula is C21H23N3O6. The highest BCUT2D eigenvalue weighted by atomic mass is 16.6. The average Bonchev–Trinajstić information content (AvgIpc) is 3.21. The Bertz CT molecular complexity index is 1000. The first-order valence-corrected chi connectivity index (χ1v) is 9.51. The number of benzene rings is 2. The van der Waals surface area contributed by atoms with E-state index in [9.17, 15) is 14.9 Å². The van der Waals surface area contributed by atoms with E-state index >= 15 is 0 Å². The Balaban J connectivity index is 1.91. The van der Waals surface area contributed by atoms with Crippen molar-refractivity contribution in [3.05, 3.63) is 57.6 Å². The molecular weight excluding hydrogens is 390 g/mol. The maximum absolute atomic E-state index is 13.1. The number of fused-ring (bicyclic) bond motifs is 2. The van der Waals surface area contributed by atoms with Crippen LogP contribution in [-0.4, -0.2) is 44.2 Å². The summed E-state index contributed by atoms with van der Waals surface area (Å²) in [6, 6.07) is 8.86. The van der Waals surface area contributed by atoms with Crippen LogP contribution in [0.4, 0.5) is 5.69 Å². The fraction of sp³-hybridized carbons (Fsp3) is 0.381. The maximum Gasteiger partial charge on any atom is 0.256 e. The minimum absolute atomic E-state index is 0.369. The second kappa shape index (κ2) is 7.17. The lowest BCUT2D eigenvalue weighted by Crippen LogP contribution is -2.54. The van der Waals surface area contributed by atoms with Gasteiger partial charge in [0.2, 0.25) is 5.75 Å². The number of para-hydroxylation sites is 1. The van der Waals surface area contributed by atoms with E-state index in [0.717, 1.165) is 0 Å². The van der Waals surface area contributed by atoms with Crippen LogP contribution in [0.5, 0.6) is 17.2 Å². The van der Waals surface area contributed by atoms with Gasteiger partial charge in [0.05, 0.1) is 27.2 Å². The number of anilines is 1. The predicted octanol–water partition coefficient (Wildman–Crippen LogP) is 2.28. The summed E-state index contributed by atoms with van der Waals surface area (Å²) < 4.78 is 16.2. The Hall–Kier alpha value is -3.33. The van der Waals surface area contributed by atoms with Gasteiger partial charge in [-0.05, 0) is 30.7 Å². The molecule has 0 saturated carbocycles. The Morgan fingerprint density at radius 1 is 1.07 bits per heavy atom. The number of carbonyl (C=O) groups excluding carboxylic acids is 1. The zero-order valence-electron chi connectivity index (χ0n) is 17.1. The molecule has 1 spiro atoms. The van der Waals surface area contributed by atoms with E-state index in [2.05, 4.69) is 10.6 Å². The van der Waals surface area contributed by atoms with Gasteiger partial charge in [-0.25, -0.2) is 0 Å². The minimum Gasteiger partial charge on any atom is -0.493 e. The summed E-state index contributed by atoms with van der Waals surface area (Å²) in [6.45, 7) is 1.84. The van der Waals surface area contributed by atoms with Gasteiger partial charge in [-0.1, -0.05) is 18.2 Å². The van der Waals surface area contributed by atoms with Crippen molar-refractivity contribution in [3.63, 3.8) is 0 Å². The standard InChI is InChI=1S/C21H23N3O6/c1-11-17(12-9-15(28-2)18(30-4)16(10-12)29-3)19(24(26)27)21(23-11)13-7-5-6-8-14(13)22-20(21)25/h5-11,17,19,23H,1-4H3,(H,22,25)/t11-,17-,19+,21-/m0/s1. The lowest BCUT2D eigenvalue weighted by molar-refractivity contribution is -0.532. The number of carbonyl (C=O) groups is 1. The normalized spacial score (nSPS) is 26.9. The molecule has 9 heteroatoms. The van der Waals surface area contributed by atoms with E-state index < -0.39 is 23.4 Å². The van der Waals surface area contributed by atoms with Crippen LogP contribution in [0.2, 0.25) is 0 Å². The first-order chi connectivity index (χ1) is 14.4. The molecule has 2 aliphatic rings. The van der Waals surface area contributed by atoms with Gasteiger partial charge in [0.1, 0.15) is 0 Å². The third-order valence-electron chi connectivity index (χ3n) is 6.04. The van der Waals surface area contributed by atoms with E-state index in [1.807, 2.05) is 6.92 Å². The number of ether oxygens (including phenoxy) is 3. The number of hydrogen-bond acceptors (Lipinski definition) is 7. The molecule has 0 radical (unpaired) electrons. The molecule has 4 atom stereocenters. The quantitative estimate of drug-likeness (QED) is 0.571. The second-order valence-electron chi connectivity index (χ2n) is 7.46. The third-order valence-corrected chi connectivity index (χ3v) is 6.04. The number of rotatable bonds is 5. The molecule has 2 aromatic rings.